The number of hydrogen-bond donors (Lipinski definition) is 2. The van der Waals surface area contributed by atoms with E-state index in [2.05, 4.69) is 11.4 Å². The maximum atomic E-state index is 11.0. The van der Waals surface area contributed by atoms with Crippen LogP contribution in [0.3, 0.4) is 0 Å². The Balaban J connectivity index is 1.71. The van der Waals surface area contributed by atoms with Crippen LogP contribution in [-0.2, 0) is 24.1 Å². The van der Waals surface area contributed by atoms with E-state index < -0.39 is 5.97 Å². The van der Waals surface area contributed by atoms with Gasteiger partial charge in [-0.2, -0.15) is 0 Å². The number of carboxylic acid groups (broad SMARTS) is 1. The Morgan fingerprint density at radius 1 is 1.11 bits per heavy atom. The van der Waals surface area contributed by atoms with Crippen molar-refractivity contribution in [2.75, 3.05) is 5.32 Å². The van der Waals surface area contributed by atoms with Crippen molar-refractivity contribution in [1.29, 1.82) is 0 Å². The summed E-state index contributed by atoms with van der Waals surface area (Å²) >= 11 is 6.15. The number of nitrogens with zero attached hydrogens (tertiary/aromatic N) is 1. The minimum absolute atomic E-state index is 0.0116. The highest BCUT2D eigenvalue weighted by atomic mass is 35.5. The monoisotopic (exact) mass is 378 g/mol. The van der Waals surface area contributed by atoms with E-state index in [1.807, 2.05) is 48.5 Å². The van der Waals surface area contributed by atoms with Gasteiger partial charge in [0.2, 0.25) is 0 Å². The Morgan fingerprint density at radius 2 is 1.96 bits per heavy atom. The smallest absolute Gasteiger partial charge is 0.307 e. The van der Waals surface area contributed by atoms with E-state index >= 15 is 0 Å². The zero-order valence-electron chi connectivity index (χ0n) is 14.7. The van der Waals surface area contributed by atoms with Crippen LogP contribution in [0.15, 0.2) is 54.6 Å². The first-order chi connectivity index (χ1) is 13.1. The third-order valence-corrected chi connectivity index (χ3v) is 4.97. The van der Waals surface area contributed by atoms with Crippen LogP contribution >= 0.6 is 11.6 Å². The number of fused-ring (bicyclic) bond motifs is 1. The third kappa shape index (κ3) is 3.96. The molecule has 2 N–H and O–H groups in total. The van der Waals surface area contributed by atoms with Gasteiger partial charge in [0.05, 0.1) is 12.1 Å². The van der Waals surface area contributed by atoms with Gasteiger partial charge in [0.1, 0.15) is 0 Å². The fourth-order valence-electron chi connectivity index (χ4n) is 3.54. The molecule has 1 aromatic heterocycles. The minimum Gasteiger partial charge on any atom is -0.481 e. The minimum atomic E-state index is -0.833. The molecule has 0 fully saturated rings. The van der Waals surface area contributed by atoms with E-state index in [4.69, 9.17) is 21.7 Å². The molecule has 1 heterocycles. The average Bonchev–Trinajstić information content (AvgIpc) is 3.10. The summed E-state index contributed by atoms with van der Waals surface area (Å²) in [6, 6.07) is 17.3. The van der Waals surface area contributed by atoms with Gasteiger partial charge in [0.25, 0.3) is 0 Å². The van der Waals surface area contributed by atoms with Crippen molar-refractivity contribution < 1.29 is 9.90 Å². The molecular weight excluding hydrogens is 360 g/mol. The SMILES string of the molecule is O=C(O)Cc1cccc(Nc2cc(-c3cccc(Cl)c3)nc3c2CCC3)c1. The summed E-state index contributed by atoms with van der Waals surface area (Å²) in [4.78, 5) is 15.8. The van der Waals surface area contributed by atoms with Gasteiger partial charge in [-0.05, 0) is 60.7 Å². The Hall–Kier alpha value is -2.85. The zero-order chi connectivity index (χ0) is 18.8. The Labute approximate surface area is 162 Å². The van der Waals surface area contributed by atoms with Gasteiger partial charge in [-0.25, -0.2) is 0 Å². The largest absolute Gasteiger partial charge is 0.481 e. The van der Waals surface area contributed by atoms with E-state index in [1.165, 1.54) is 5.56 Å². The molecule has 136 valence electrons. The van der Waals surface area contributed by atoms with Gasteiger partial charge in [-0.3, -0.25) is 9.78 Å². The van der Waals surface area contributed by atoms with Crippen LogP contribution in [0.2, 0.25) is 5.02 Å². The van der Waals surface area contributed by atoms with Crippen LogP contribution in [0.5, 0.6) is 0 Å². The van der Waals surface area contributed by atoms with E-state index in [9.17, 15) is 4.79 Å². The second-order valence-corrected chi connectivity index (χ2v) is 7.18. The van der Waals surface area contributed by atoms with Crippen molar-refractivity contribution >= 4 is 28.9 Å². The van der Waals surface area contributed by atoms with Crippen molar-refractivity contribution in [3.05, 3.63) is 76.4 Å². The van der Waals surface area contributed by atoms with E-state index in [0.29, 0.717) is 5.02 Å². The molecule has 0 saturated carbocycles. The molecule has 0 amide bonds. The number of rotatable bonds is 5. The molecule has 27 heavy (non-hydrogen) atoms. The lowest BCUT2D eigenvalue weighted by molar-refractivity contribution is -0.136. The molecular formula is C22H19ClN2O2. The molecule has 0 unspecified atom stereocenters. The van der Waals surface area contributed by atoms with Crippen LogP contribution in [0, 0.1) is 0 Å². The van der Waals surface area contributed by atoms with Crippen LogP contribution < -0.4 is 5.32 Å². The number of aryl methyl sites for hydroxylation is 1. The van der Waals surface area contributed by atoms with Crippen LogP contribution in [0.25, 0.3) is 11.3 Å². The van der Waals surface area contributed by atoms with Crippen molar-refractivity contribution in [2.24, 2.45) is 0 Å². The van der Waals surface area contributed by atoms with E-state index in [1.54, 1.807) is 0 Å². The van der Waals surface area contributed by atoms with E-state index in [-0.39, 0.29) is 6.42 Å². The number of anilines is 2. The zero-order valence-corrected chi connectivity index (χ0v) is 15.5. The summed E-state index contributed by atoms with van der Waals surface area (Å²) in [5.74, 6) is -0.833. The first-order valence-electron chi connectivity index (χ1n) is 8.95. The molecule has 0 bridgehead atoms. The number of halogens is 1. The Bertz CT molecular complexity index is 1020. The summed E-state index contributed by atoms with van der Waals surface area (Å²) in [6.07, 6.45) is 3.07. The molecule has 0 saturated heterocycles. The number of nitrogens with one attached hydrogen (secondary N) is 1. The lowest BCUT2D eigenvalue weighted by Crippen LogP contribution is -2.02. The number of aromatic nitrogens is 1. The van der Waals surface area contributed by atoms with Crippen LogP contribution in [0.1, 0.15) is 23.2 Å². The number of hydrogen-bond acceptors (Lipinski definition) is 3. The van der Waals surface area contributed by atoms with Crippen LogP contribution in [-0.4, -0.2) is 16.1 Å². The summed E-state index contributed by atoms with van der Waals surface area (Å²) in [6.45, 7) is 0. The Morgan fingerprint density at radius 3 is 2.78 bits per heavy atom. The average molecular weight is 379 g/mol. The molecule has 0 spiro atoms. The summed E-state index contributed by atoms with van der Waals surface area (Å²) < 4.78 is 0. The number of aliphatic carboxylic acids is 1. The first kappa shape index (κ1) is 17.6. The molecule has 4 rings (SSSR count). The lowest BCUT2D eigenvalue weighted by atomic mass is 10.1. The van der Waals surface area contributed by atoms with Gasteiger partial charge in [0, 0.05) is 27.7 Å². The number of carbonyl (C=O) groups is 1. The summed E-state index contributed by atoms with van der Waals surface area (Å²) in [5, 5.41) is 13.2. The molecule has 4 nitrogen and oxygen atoms in total. The summed E-state index contributed by atoms with van der Waals surface area (Å²) in [7, 11) is 0. The van der Waals surface area contributed by atoms with Crippen LogP contribution in [0.4, 0.5) is 11.4 Å². The van der Waals surface area contributed by atoms with Crippen molar-refractivity contribution in [2.45, 2.75) is 25.7 Å². The number of benzene rings is 2. The molecule has 0 aliphatic heterocycles. The van der Waals surface area contributed by atoms with Crippen molar-refractivity contribution in [3.8, 4) is 11.3 Å². The molecule has 1 aliphatic carbocycles. The van der Waals surface area contributed by atoms with Crippen molar-refractivity contribution in [1.82, 2.24) is 4.98 Å². The molecule has 5 heteroatoms. The van der Waals surface area contributed by atoms with Gasteiger partial charge in [0.15, 0.2) is 0 Å². The molecule has 0 radical (unpaired) electrons. The highest BCUT2D eigenvalue weighted by Crippen LogP contribution is 2.34. The standard InChI is InChI=1S/C22H19ClN2O2/c23-16-6-2-5-15(12-16)20-13-21(18-8-3-9-19(18)25-20)24-17-7-1-4-14(10-17)11-22(26)27/h1-2,4-7,10,12-13H,3,8-9,11H2,(H,24,25)(H,26,27). The maximum absolute atomic E-state index is 11.0. The number of pyridine rings is 1. The number of carboxylic acids is 1. The predicted molar refractivity (Wildman–Crippen MR) is 108 cm³/mol. The van der Waals surface area contributed by atoms with Crippen molar-refractivity contribution in [3.63, 3.8) is 0 Å². The highest BCUT2D eigenvalue weighted by molar-refractivity contribution is 6.30. The second kappa shape index (κ2) is 7.41. The first-order valence-corrected chi connectivity index (χ1v) is 9.33. The molecule has 2 aromatic carbocycles. The third-order valence-electron chi connectivity index (χ3n) is 4.73. The quantitative estimate of drug-likeness (QED) is 0.635. The fourth-order valence-corrected chi connectivity index (χ4v) is 3.73. The lowest BCUT2D eigenvalue weighted by Gasteiger charge is -2.14. The molecule has 1 aliphatic rings. The topological polar surface area (TPSA) is 62.2 Å². The summed E-state index contributed by atoms with van der Waals surface area (Å²) in [5.41, 5.74) is 6.92. The fraction of sp³-hybridized carbons (Fsp3) is 0.182. The van der Waals surface area contributed by atoms with E-state index in [0.717, 1.165) is 53.2 Å². The second-order valence-electron chi connectivity index (χ2n) is 6.74. The molecule has 3 aromatic rings. The van der Waals surface area contributed by atoms with Gasteiger partial charge in [-0.15, -0.1) is 0 Å². The highest BCUT2D eigenvalue weighted by Gasteiger charge is 2.19. The van der Waals surface area contributed by atoms with Gasteiger partial charge >= 0.3 is 5.97 Å². The van der Waals surface area contributed by atoms with Gasteiger partial charge < -0.3 is 10.4 Å². The normalized spacial score (nSPS) is 12.6. The maximum Gasteiger partial charge on any atom is 0.307 e. The predicted octanol–water partition coefficient (Wildman–Crippen LogP) is 5.26. The van der Waals surface area contributed by atoms with Gasteiger partial charge in [-0.1, -0.05) is 35.9 Å². The molecule has 0 atom stereocenters. The Kier molecular flexibility index (Phi) is 4.82.